The van der Waals surface area contributed by atoms with E-state index in [1.807, 2.05) is 25.2 Å². The topological polar surface area (TPSA) is 43.2 Å². The molecule has 1 aromatic carbocycles. The third-order valence-corrected chi connectivity index (χ3v) is 3.39. The highest BCUT2D eigenvalue weighted by Crippen LogP contribution is 2.21. The van der Waals surface area contributed by atoms with Gasteiger partial charge in [-0.3, -0.25) is 4.57 Å². The summed E-state index contributed by atoms with van der Waals surface area (Å²) in [4.78, 5) is 2.24. The van der Waals surface area contributed by atoms with E-state index in [-0.39, 0.29) is 0 Å². The summed E-state index contributed by atoms with van der Waals surface area (Å²) in [5, 5.41) is 8.66. The van der Waals surface area contributed by atoms with E-state index in [1.54, 1.807) is 0 Å². The fourth-order valence-electron chi connectivity index (χ4n) is 2.38. The minimum Gasteiger partial charge on any atom is -0.380 e. The van der Waals surface area contributed by atoms with Crippen LogP contribution >= 0.6 is 0 Å². The van der Waals surface area contributed by atoms with E-state index in [2.05, 4.69) is 31.8 Å². The molecule has 2 heterocycles. The number of hydrogen-bond acceptors (Lipinski definition) is 4. The van der Waals surface area contributed by atoms with Crippen LogP contribution in [0.3, 0.4) is 0 Å². The summed E-state index contributed by atoms with van der Waals surface area (Å²) in [5.41, 5.74) is 1.09. The van der Waals surface area contributed by atoms with Gasteiger partial charge < -0.3 is 9.64 Å². The molecule has 19 heavy (non-hydrogen) atoms. The first-order chi connectivity index (χ1) is 9.36. The summed E-state index contributed by atoms with van der Waals surface area (Å²) < 4.78 is 7.53. The van der Waals surface area contributed by atoms with Crippen LogP contribution in [-0.4, -0.2) is 41.1 Å². The highest BCUT2D eigenvalue weighted by atomic mass is 16.5. The summed E-state index contributed by atoms with van der Waals surface area (Å²) in [6, 6.07) is 10.2. The van der Waals surface area contributed by atoms with Crippen molar-refractivity contribution in [3.8, 4) is 11.4 Å². The lowest BCUT2D eigenvalue weighted by atomic mass is 10.2. The Morgan fingerprint density at radius 1 is 1.05 bits per heavy atom. The maximum absolute atomic E-state index is 5.48. The molecule has 0 amide bonds. The average Bonchev–Trinajstić information content (AvgIpc) is 2.67. The van der Waals surface area contributed by atoms with Gasteiger partial charge in [0.05, 0.1) is 6.61 Å². The largest absolute Gasteiger partial charge is 0.380 e. The Labute approximate surface area is 112 Å². The maximum Gasteiger partial charge on any atom is 0.227 e. The Kier molecular flexibility index (Phi) is 3.46. The van der Waals surface area contributed by atoms with Crippen molar-refractivity contribution in [1.29, 1.82) is 0 Å². The van der Waals surface area contributed by atoms with Gasteiger partial charge in [-0.15, -0.1) is 10.2 Å². The Hall–Kier alpha value is -1.88. The molecule has 1 aromatic heterocycles. The second-order valence-electron chi connectivity index (χ2n) is 4.70. The second kappa shape index (κ2) is 5.40. The third-order valence-electron chi connectivity index (χ3n) is 3.39. The molecule has 1 aliphatic rings. The summed E-state index contributed by atoms with van der Waals surface area (Å²) in [6.07, 6.45) is 1.04. The number of nitrogens with zero attached hydrogens (tertiary/aromatic N) is 4. The SMILES string of the molecule is Cn1c(-c2ccccc2)nnc1N1CCCOCC1. The van der Waals surface area contributed by atoms with Gasteiger partial charge in [0.25, 0.3) is 0 Å². The van der Waals surface area contributed by atoms with Crippen LogP contribution in [0.5, 0.6) is 0 Å². The van der Waals surface area contributed by atoms with Gasteiger partial charge in [-0.05, 0) is 6.42 Å². The first-order valence-electron chi connectivity index (χ1n) is 6.64. The second-order valence-corrected chi connectivity index (χ2v) is 4.70. The maximum atomic E-state index is 5.48. The summed E-state index contributed by atoms with van der Waals surface area (Å²) in [5.74, 6) is 1.82. The smallest absolute Gasteiger partial charge is 0.227 e. The first kappa shape index (κ1) is 12.2. The standard InChI is InChI=1S/C14H18N4O/c1-17-13(12-6-3-2-4-7-12)15-16-14(17)18-8-5-10-19-11-9-18/h2-4,6-7H,5,8-11H2,1H3. The highest BCUT2D eigenvalue weighted by molar-refractivity contribution is 5.57. The molecular weight excluding hydrogens is 240 g/mol. The molecule has 3 rings (SSSR count). The lowest BCUT2D eigenvalue weighted by Crippen LogP contribution is -2.28. The number of rotatable bonds is 2. The van der Waals surface area contributed by atoms with Gasteiger partial charge in [-0.25, -0.2) is 0 Å². The van der Waals surface area contributed by atoms with Crippen LogP contribution in [0.25, 0.3) is 11.4 Å². The van der Waals surface area contributed by atoms with Gasteiger partial charge in [0.1, 0.15) is 0 Å². The van der Waals surface area contributed by atoms with Gasteiger partial charge in [0, 0.05) is 32.3 Å². The van der Waals surface area contributed by atoms with Crippen LogP contribution in [0.1, 0.15) is 6.42 Å². The van der Waals surface area contributed by atoms with Gasteiger partial charge in [0.15, 0.2) is 5.82 Å². The van der Waals surface area contributed by atoms with Crippen molar-refractivity contribution in [2.24, 2.45) is 7.05 Å². The van der Waals surface area contributed by atoms with Crippen LogP contribution in [0.4, 0.5) is 5.95 Å². The van der Waals surface area contributed by atoms with Gasteiger partial charge >= 0.3 is 0 Å². The van der Waals surface area contributed by atoms with Crippen molar-refractivity contribution in [2.75, 3.05) is 31.2 Å². The molecule has 1 aliphatic heterocycles. The molecule has 1 saturated heterocycles. The highest BCUT2D eigenvalue weighted by Gasteiger charge is 2.17. The van der Waals surface area contributed by atoms with Crippen LogP contribution in [0.2, 0.25) is 0 Å². The third kappa shape index (κ3) is 2.46. The molecule has 0 N–H and O–H groups in total. The Balaban J connectivity index is 1.90. The van der Waals surface area contributed by atoms with Gasteiger partial charge in [-0.1, -0.05) is 30.3 Å². The van der Waals surface area contributed by atoms with Crippen molar-refractivity contribution in [2.45, 2.75) is 6.42 Å². The molecule has 0 spiro atoms. The van der Waals surface area contributed by atoms with E-state index in [9.17, 15) is 0 Å². The fraction of sp³-hybridized carbons (Fsp3) is 0.429. The van der Waals surface area contributed by atoms with E-state index in [4.69, 9.17) is 4.74 Å². The molecule has 1 fully saturated rings. The minimum atomic E-state index is 0.757. The summed E-state index contributed by atoms with van der Waals surface area (Å²) in [7, 11) is 2.02. The molecule has 0 unspecified atom stereocenters. The number of aromatic nitrogens is 3. The van der Waals surface area contributed by atoms with Crippen molar-refractivity contribution in [3.63, 3.8) is 0 Å². The quantitative estimate of drug-likeness (QED) is 0.822. The molecule has 5 heteroatoms. The van der Waals surface area contributed by atoms with E-state index >= 15 is 0 Å². The molecule has 0 atom stereocenters. The van der Waals surface area contributed by atoms with Crippen LogP contribution in [0, 0.1) is 0 Å². The van der Waals surface area contributed by atoms with Gasteiger partial charge in [-0.2, -0.15) is 0 Å². The van der Waals surface area contributed by atoms with Crippen molar-refractivity contribution in [3.05, 3.63) is 30.3 Å². The molecular formula is C14H18N4O. The molecule has 5 nitrogen and oxygen atoms in total. The number of anilines is 1. The zero-order chi connectivity index (χ0) is 13.1. The molecule has 0 bridgehead atoms. The lowest BCUT2D eigenvalue weighted by molar-refractivity contribution is 0.152. The minimum absolute atomic E-state index is 0.757. The number of hydrogen-bond donors (Lipinski definition) is 0. The van der Waals surface area contributed by atoms with Crippen molar-refractivity contribution < 1.29 is 4.74 Å². The Morgan fingerprint density at radius 2 is 1.89 bits per heavy atom. The van der Waals surface area contributed by atoms with Gasteiger partial charge in [0.2, 0.25) is 5.95 Å². The normalized spacial score (nSPS) is 16.4. The zero-order valence-corrected chi connectivity index (χ0v) is 11.1. The summed E-state index contributed by atoms with van der Waals surface area (Å²) in [6.45, 7) is 3.44. The number of ether oxygens (including phenoxy) is 1. The molecule has 0 radical (unpaired) electrons. The Morgan fingerprint density at radius 3 is 2.74 bits per heavy atom. The van der Waals surface area contributed by atoms with Crippen LogP contribution < -0.4 is 4.90 Å². The zero-order valence-electron chi connectivity index (χ0n) is 11.1. The predicted octanol–water partition coefficient (Wildman–Crippen LogP) is 1.71. The Bertz CT molecular complexity index is 530. The molecule has 100 valence electrons. The predicted molar refractivity (Wildman–Crippen MR) is 74.1 cm³/mol. The van der Waals surface area contributed by atoms with E-state index in [0.717, 1.165) is 50.1 Å². The molecule has 2 aromatic rings. The van der Waals surface area contributed by atoms with Crippen LogP contribution in [-0.2, 0) is 11.8 Å². The fourth-order valence-corrected chi connectivity index (χ4v) is 2.38. The molecule has 0 saturated carbocycles. The van der Waals surface area contributed by atoms with Crippen LogP contribution in [0.15, 0.2) is 30.3 Å². The van der Waals surface area contributed by atoms with E-state index in [1.165, 1.54) is 0 Å². The lowest BCUT2D eigenvalue weighted by Gasteiger charge is -2.20. The van der Waals surface area contributed by atoms with E-state index in [0.29, 0.717) is 0 Å². The van der Waals surface area contributed by atoms with Crippen molar-refractivity contribution >= 4 is 5.95 Å². The summed E-state index contributed by atoms with van der Waals surface area (Å²) >= 11 is 0. The molecule has 0 aliphatic carbocycles. The van der Waals surface area contributed by atoms with E-state index < -0.39 is 0 Å². The monoisotopic (exact) mass is 258 g/mol. The van der Waals surface area contributed by atoms with Crippen molar-refractivity contribution in [1.82, 2.24) is 14.8 Å². The average molecular weight is 258 g/mol. The number of benzene rings is 1. The first-order valence-corrected chi connectivity index (χ1v) is 6.64.